The smallest absolute Gasteiger partial charge is 0.252 e. The Kier molecular flexibility index (Phi) is 4.64. The molecule has 1 amide bonds. The topological polar surface area (TPSA) is 38.3 Å². The van der Waals surface area contributed by atoms with Crippen molar-refractivity contribution >= 4 is 40.1 Å². The third-order valence-corrected chi connectivity index (χ3v) is 3.92. The van der Waals surface area contributed by atoms with Crippen molar-refractivity contribution < 1.29 is 9.53 Å². The van der Waals surface area contributed by atoms with Crippen LogP contribution in [0.3, 0.4) is 0 Å². The molecule has 1 heterocycles. The van der Waals surface area contributed by atoms with E-state index in [1.165, 1.54) is 0 Å². The molecule has 5 heteroatoms. The maximum Gasteiger partial charge on any atom is 0.252 e. The molecule has 1 aromatic rings. The zero-order chi connectivity index (χ0) is 12.3. The van der Waals surface area contributed by atoms with Gasteiger partial charge in [-0.25, -0.2) is 0 Å². The van der Waals surface area contributed by atoms with Gasteiger partial charge in [-0.3, -0.25) is 4.79 Å². The molecule has 1 aliphatic heterocycles. The number of carbonyl (C=O) groups excluding carboxylic acids is 1. The second kappa shape index (κ2) is 6.02. The molecule has 3 nitrogen and oxygen atoms in total. The first-order valence-electron chi connectivity index (χ1n) is 5.48. The number of hydrogen-bond acceptors (Lipinski definition) is 2. The quantitative estimate of drug-likeness (QED) is 0.837. The lowest BCUT2D eigenvalue weighted by Crippen LogP contribution is -2.30. The zero-order valence-corrected chi connectivity index (χ0v) is 12.1. The van der Waals surface area contributed by atoms with Crippen molar-refractivity contribution in [2.45, 2.75) is 6.42 Å². The maximum absolute atomic E-state index is 12.0. The fourth-order valence-electron chi connectivity index (χ4n) is 1.75. The number of benzene rings is 1. The maximum atomic E-state index is 12.0. The number of rotatable bonds is 3. The minimum Gasteiger partial charge on any atom is -0.381 e. The summed E-state index contributed by atoms with van der Waals surface area (Å²) in [6.07, 6.45) is 1.02. The summed E-state index contributed by atoms with van der Waals surface area (Å²) < 4.78 is 6.17. The van der Waals surface area contributed by atoms with E-state index >= 15 is 0 Å². The predicted octanol–water partition coefficient (Wildman–Crippen LogP) is 2.71. The van der Waals surface area contributed by atoms with Gasteiger partial charge in [0.2, 0.25) is 0 Å². The monoisotopic (exact) mass is 365 g/mol. The number of nitrogens with one attached hydrogen (secondary N) is 1. The predicted molar refractivity (Wildman–Crippen MR) is 75.4 cm³/mol. The highest BCUT2D eigenvalue weighted by atomic mass is 127. The van der Waals surface area contributed by atoms with Crippen LogP contribution in [-0.4, -0.2) is 25.7 Å². The number of halogens is 2. The molecule has 1 aromatic carbocycles. The molecule has 1 aliphatic rings. The Hall–Kier alpha value is -0.330. The third-order valence-electron chi connectivity index (χ3n) is 2.75. The number of ether oxygens (including phenoxy) is 1. The van der Waals surface area contributed by atoms with Crippen LogP contribution < -0.4 is 5.32 Å². The van der Waals surface area contributed by atoms with E-state index < -0.39 is 0 Å². The highest BCUT2D eigenvalue weighted by Crippen LogP contribution is 2.18. The molecular weight excluding hydrogens is 352 g/mol. The lowest BCUT2D eigenvalue weighted by Gasteiger charge is -2.10. The van der Waals surface area contributed by atoms with Crippen molar-refractivity contribution in [1.82, 2.24) is 5.32 Å². The van der Waals surface area contributed by atoms with Crippen LogP contribution in [0.15, 0.2) is 18.2 Å². The van der Waals surface area contributed by atoms with E-state index in [0.29, 0.717) is 23.0 Å². The summed E-state index contributed by atoms with van der Waals surface area (Å²) in [6, 6.07) is 5.32. The van der Waals surface area contributed by atoms with Crippen LogP contribution in [0.1, 0.15) is 16.8 Å². The Morgan fingerprint density at radius 1 is 1.59 bits per heavy atom. The fourth-order valence-corrected chi connectivity index (χ4v) is 2.50. The summed E-state index contributed by atoms with van der Waals surface area (Å²) in [6.45, 7) is 2.21. The minimum absolute atomic E-state index is 0.0659. The second-order valence-corrected chi connectivity index (χ2v) is 5.66. The Bertz CT molecular complexity index is 419. The van der Waals surface area contributed by atoms with Crippen LogP contribution in [0, 0.1) is 9.49 Å². The summed E-state index contributed by atoms with van der Waals surface area (Å²) in [7, 11) is 0. The average Bonchev–Trinajstić information content (AvgIpc) is 2.82. The van der Waals surface area contributed by atoms with Gasteiger partial charge in [-0.05, 0) is 47.2 Å². The summed E-state index contributed by atoms with van der Waals surface area (Å²) in [5.74, 6) is 0.375. The molecule has 0 spiro atoms. The first-order chi connectivity index (χ1) is 8.16. The van der Waals surface area contributed by atoms with Gasteiger partial charge in [-0.15, -0.1) is 0 Å². The van der Waals surface area contributed by atoms with Gasteiger partial charge in [0.15, 0.2) is 0 Å². The molecule has 0 unspecified atom stereocenters. The van der Waals surface area contributed by atoms with Gasteiger partial charge in [-0.2, -0.15) is 0 Å². The van der Waals surface area contributed by atoms with Gasteiger partial charge in [0.05, 0.1) is 12.2 Å². The first-order valence-corrected chi connectivity index (χ1v) is 6.93. The zero-order valence-electron chi connectivity index (χ0n) is 9.21. The average molecular weight is 366 g/mol. The van der Waals surface area contributed by atoms with Gasteiger partial charge in [0.1, 0.15) is 0 Å². The molecule has 1 fully saturated rings. The summed E-state index contributed by atoms with van der Waals surface area (Å²) in [4.78, 5) is 12.0. The summed E-state index contributed by atoms with van der Waals surface area (Å²) >= 11 is 8.02. The summed E-state index contributed by atoms with van der Waals surface area (Å²) in [5, 5.41) is 3.51. The standard InChI is InChI=1S/C12H13ClINO2/c13-9-1-2-11(14)10(5-9)12(16)15-6-8-3-4-17-7-8/h1-2,5,8H,3-4,6-7H2,(H,15,16)/t8-/m0/s1. The van der Waals surface area contributed by atoms with Crippen molar-refractivity contribution in [3.8, 4) is 0 Å². The van der Waals surface area contributed by atoms with Gasteiger partial charge >= 0.3 is 0 Å². The van der Waals surface area contributed by atoms with Crippen molar-refractivity contribution in [3.63, 3.8) is 0 Å². The van der Waals surface area contributed by atoms with E-state index in [0.717, 1.165) is 23.2 Å². The van der Waals surface area contributed by atoms with Crippen LogP contribution in [0.25, 0.3) is 0 Å². The Morgan fingerprint density at radius 3 is 3.12 bits per heavy atom. The van der Waals surface area contributed by atoms with Crippen LogP contribution in [0.5, 0.6) is 0 Å². The number of amides is 1. The van der Waals surface area contributed by atoms with Crippen molar-refractivity contribution in [2.75, 3.05) is 19.8 Å². The van der Waals surface area contributed by atoms with E-state index in [1.807, 2.05) is 6.07 Å². The van der Waals surface area contributed by atoms with E-state index in [4.69, 9.17) is 16.3 Å². The van der Waals surface area contributed by atoms with Crippen LogP contribution in [0.2, 0.25) is 5.02 Å². The third kappa shape index (κ3) is 3.56. The Labute approximate surface area is 119 Å². The molecule has 17 heavy (non-hydrogen) atoms. The van der Waals surface area contributed by atoms with Gasteiger partial charge in [0.25, 0.3) is 5.91 Å². The molecule has 0 aromatic heterocycles. The number of carbonyl (C=O) groups is 1. The molecule has 92 valence electrons. The molecular formula is C12H13ClINO2. The SMILES string of the molecule is O=C(NC[C@@H]1CCOC1)c1cc(Cl)ccc1I. The van der Waals surface area contributed by atoms with Crippen molar-refractivity contribution in [3.05, 3.63) is 32.4 Å². The van der Waals surface area contributed by atoms with Gasteiger partial charge < -0.3 is 10.1 Å². The Balaban J connectivity index is 1.96. The lowest BCUT2D eigenvalue weighted by molar-refractivity contribution is 0.0944. The van der Waals surface area contributed by atoms with E-state index in [9.17, 15) is 4.79 Å². The summed E-state index contributed by atoms with van der Waals surface area (Å²) in [5.41, 5.74) is 0.636. The van der Waals surface area contributed by atoms with Gasteiger partial charge in [0, 0.05) is 27.7 Å². The molecule has 0 aliphatic carbocycles. The molecule has 1 N–H and O–H groups in total. The second-order valence-electron chi connectivity index (χ2n) is 4.06. The molecule has 0 bridgehead atoms. The highest BCUT2D eigenvalue weighted by Gasteiger charge is 2.17. The Morgan fingerprint density at radius 2 is 2.41 bits per heavy atom. The van der Waals surface area contributed by atoms with E-state index in [-0.39, 0.29) is 5.91 Å². The van der Waals surface area contributed by atoms with Gasteiger partial charge in [-0.1, -0.05) is 11.6 Å². The lowest BCUT2D eigenvalue weighted by atomic mass is 10.1. The first kappa shape index (κ1) is 13.1. The molecule has 1 atom stereocenters. The molecule has 0 radical (unpaired) electrons. The normalized spacial score (nSPS) is 19.3. The fraction of sp³-hybridized carbons (Fsp3) is 0.417. The van der Waals surface area contributed by atoms with E-state index in [1.54, 1.807) is 12.1 Å². The molecule has 0 saturated carbocycles. The van der Waals surface area contributed by atoms with Crippen LogP contribution >= 0.6 is 34.2 Å². The van der Waals surface area contributed by atoms with Crippen LogP contribution in [-0.2, 0) is 4.74 Å². The number of hydrogen-bond donors (Lipinski definition) is 1. The minimum atomic E-state index is -0.0659. The van der Waals surface area contributed by atoms with Crippen molar-refractivity contribution in [1.29, 1.82) is 0 Å². The van der Waals surface area contributed by atoms with E-state index in [2.05, 4.69) is 27.9 Å². The van der Waals surface area contributed by atoms with Crippen molar-refractivity contribution in [2.24, 2.45) is 5.92 Å². The highest BCUT2D eigenvalue weighted by molar-refractivity contribution is 14.1. The molecule has 2 rings (SSSR count). The molecule has 1 saturated heterocycles. The largest absolute Gasteiger partial charge is 0.381 e. The van der Waals surface area contributed by atoms with Crippen LogP contribution in [0.4, 0.5) is 0 Å².